The number of sulfone groups is 1. The number of carbonyl (C=O) groups is 1. The van der Waals surface area contributed by atoms with E-state index in [9.17, 15) is 13.2 Å². The number of aromatic nitrogens is 2. The van der Waals surface area contributed by atoms with Crippen molar-refractivity contribution in [3.63, 3.8) is 0 Å². The zero-order chi connectivity index (χ0) is 17.9. The fourth-order valence-electron chi connectivity index (χ4n) is 2.93. The Labute approximate surface area is 147 Å². The molecule has 2 aromatic rings. The van der Waals surface area contributed by atoms with Gasteiger partial charge in [-0.3, -0.25) is 9.48 Å². The highest BCUT2D eigenvalue weighted by molar-refractivity contribution is 7.91. The largest absolute Gasteiger partial charge is 0.369 e. The predicted molar refractivity (Wildman–Crippen MR) is 96.5 cm³/mol. The molecule has 1 aromatic heterocycles. The molecule has 0 aliphatic carbocycles. The monoisotopic (exact) mass is 362 g/mol. The minimum Gasteiger partial charge on any atom is -0.369 e. The van der Waals surface area contributed by atoms with E-state index >= 15 is 0 Å². The fourth-order valence-corrected chi connectivity index (χ4v) is 4.13. The molecule has 0 bridgehead atoms. The third-order valence-electron chi connectivity index (χ3n) is 4.23. The zero-order valence-corrected chi connectivity index (χ0v) is 14.9. The van der Waals surface area contributed by atoms with E-state index in [0.717, 1.165) is 5.69 Å². The van der Waals surface area contributed by atoms with Gasteiger partial charge in [0.05, 0.1) is 23.6 Å². The van der Waals surface area contributed by atoms with Gasteiger partial charge in [-0.05, 0) is 25.1 Å². The SMILES string of the molecule is C[C@H](Cn1cccn1)NC(=O)c1ccccc1N1CCS(=O)(=O)CC1. The number of benzene rings is 1. The van der Waals surface area contributed by atoms with E-state index in [1.165, 1.54) is 0 Å². The second kappa shape index (κ2) is 7.26. The first-order valence-corrected chi connectivity index (χ1v) is 10.1. The van der Waals surface area contributed by atoms with E-state index in [-0.39, 0.29) is 23.5 Å². The summed E-state index contributed by atoms with van der Waals surface area (Å²) in [5.41, 5.74) is 1.34. The quantitative estimate of drug-likeness (QED) is 0.856. The van der Waals surface area contributed by atoms with Crippen LogP contribution in [-0.4, -0.2) is 54.7 Å². The van der Waals surface area contributed by atoms with Crippen LogP contribution in [0.5, 0.6) is 0 Å². The summed E-state index contributed by atoms with van der Waals surface area (Å²) >= 11 is 0. The van der Waals surface area contributed by atoms with Crippen molar-refractivity contribution in [3.8, 4) is 0 Å². The number of nitrogens with zero attached hydrogens (tertiary/aromatic N) is 3. The highest BCUT2D eigenvalue weighted by Gasteiger charge is 2.25. The van der Waals surface area contributed by atoms with Gasteiger partial charge < -0.3 is 10.2 Å². The predicted octanol–water partition coefficient (Wildman–Crippen LogP) is 0.936. The van der Waals surface area contributed by atoms with Crippen LogP contribution in [0.3, 0.4) is 0 Å². The van der Waals surface area contributed by atoms with Crippen molar-refractivity contribution in [1.82, 2.24) is 15.1 Å². The van der Waals surface area contributed by atoms with Crippen LogP contribution in [0.2, 0.25) is 0 Å². The second-order valence-electron chi connectivity index (χ2n) is 6.26. The standard InChI is InChI=1S/C17H22N4O3S/c1-14(13-21-8-4-7-18-21)19-17(22)15-5-2-3-6-16(15)20-9-11-25(23,24)12-10-20/h2-8,14H,9-13H2,1H3,(H,19,22)/t14-/m1/s1. The summed E-state index contributed by atoms with van der Waals surface area (Å²) < 4.78 is 25.0. The topological polar surface area (TPSA) is 84.3 Å². The maximum Gasteiger partial charge on any atom is 0.253 e. The number of hydrogen-bond acceptors (Lipinski definition) is 5. The normalized spacial score (nSPS) is 17.9. The zero-order valence-electron chi connectivity index (χ0n) is 14.1. The molecule has 0 radical (unpaired) electrons. The van der Waals surface area contributed by atoms with Crippen molar-refractivity contribution in [1.29, 1.82) is 0 Å². The second-order valence-corrected chi connectivity index (χ2v) is 8.56. The molecule has 0 spiro atoms. The average Bonchev–Trinajstić information content (AvgIpc) is 3.07. The number of anilines is 1. The van der Waals surface area contributed by atoms with Crippen LogP contribution in [0.4, 0.5) is 5.69 Å². The van der Waals surface area contributed by atoms with Gasteiger partial charge in [0.15, 0.2) is 9.84 Å². The van der Waals surface area contributed by atoms with E-state index in [0.29, 0.717) is 25.2 Å². The van der Waals surface area contributed by atoms with E-state index in [1.54, 1.807) is 16.9 Å². The lowest BCUT2D eigenvalue weighted by Crippen LogP contribution is -2.42. The fraction of sp³-hybridized carbons (Fsp3) is 0.412. The summed E-state index contributed by atoms with van der Waals surface area (Å²) in [5, 5.41) is 7.13. The van der Waals surface area contributed by atoms with Gasteiger partial charge in [0, 0.05) is 37.2 Å². The number of carbonyl (C=O) groups excluding carboxylic acids is 1. The molecule has 1 atom stereocenters. The van der Waals surface area contributed by atoms with Gasteiger partial charge in [-0.25, -0.2) is 8.42 Å². The molecule has 134 valence electrons. The maximum absolute atomic E-state index is 12.7. The summed E-state index contributed by atoms with van der Waals surface area (Å²) in [4.78, 5) is 14.7. The average molecular weight is 362 g/mol. The first-order valence-electron chi connectivity index (χ1n) is 8.27. The van der Waals surface area contributed by atoms with E-state index in [4.69, 9.17) is 0 Å². The third-order valence-corrected chi connectivity index (χ3v) is 5.84. The number of amides is 1. The lowest BCUT2D eigenvalue weighted by Gasteiger charge is -2.30. The van der Waals surface area contributed by atoms with E-state index < -0.39 is 9.84 Å². The number of hydrogen-bond donors (Lipinski definition) is 1. The molecule has 1 aliphatic heterocycles. The Hall–Kier alpha value is -2.35. The number of rotatable bonds is 5. The molecule has 25 heavy (non-hydrogen) atoms. The summed E-state index contributed by atoms with van der Waals surface area (Å²) in [6.07, 6.45) is 3.55. The molecule has 1 aromatic carbocycles. The first-order chi connectivity index (χ1) is 11.9. The Morgan fingerprint density at radius 2 is 1.96 bits per heavy atom. The van der Waals surface area contributed by atoms with Crippen molar-refractivity contribution >= 4 is 21.4 Å². The molecule has 0 saturated carbocycles. The minimum absolute atomic E-state index is 0.0813. The van der Waals surface area contributed by atoms with Crippen LogP contribution < -0.4 is 10.2 Å². The molecular weight excluding hydrogens is 340 g/mol. The summed E-state index contributed by atoms with van der Waals surface area (Å²) in [5.74, 6) is 0.0841. The molecule has 1 saturated heterocycles. The van der Waals surface area contributed by atoms with Gasteiger partial charge in [-0.2, -0.15) is 5.10 Å². The lowest BCUT2D eigenvalue weighted by molar-refractivity contribution is 0.0936. The molecule has 1 amide bonds. The van der Waals surface area contributed by atoms with Gasteiger partial charge in [-0.1, -0.05) is 12.1 Å². The molecule has 8 heteroatoms. The van der Waals surface area contributed by atoms with Crippen molar-refractivity contribution in [2.75, 3.05) is 29.5 Å². The Balaban J connectivity index is 1.70. The van der Waals surface area contributed by atoms with E-state index in [2.05, 4.69) is 10.4 Å². The molecule has 2 heterocycles. The van der Waals surface area contributed by atoms with Gasteiger partial charge in [0.1, 0.15) is 0 Å². The molecule has 1 aliphatic rings. The summed E-state index contributed by atoms with van der Waals surface area (Å²) in [6.45, 7) is 3.34. The van der Waals surface area contributed by atoms with Crippen LogP contribution in [0.1, 0.15) is 17.3 Å². The summed E-state index contributed by atoms with van der Waals surface area (Å²) in [7, 11) is -2.96. The van der Waals surface area contributed by atoms with Crippen molar-refractivity contribution in [2.45, 2.75) is 19.5 Å². The highest BCUT2D eigenvalue weighted by Crippen LogP contribution is 2.22. The van der Waals surface area contributed by atoms with Crippen molar-refractivity contribution in [3.05, 3.63) is 48.3 Å². The Bertz CT molecular complexity index is 819. The smallest absolute Gasteiger partial charge is 0.253 e. The van der Waals surface area contributed by atoms with Crippen LogP contribution >= 0.6 is 0 Å². The van der Waals surface area contributed by atoms with Gasteiger partial charge in [-0.15, -0.1) is 0 Å². The molecule has 0 unspecified atom stereocenters. The molecule has 7 nitrogen and oxygen atoms in total. The van der Waals surface area contributed by atoms with Crippen LogP contribution in [-0.2, 0) is 16.4 Å². The lowest BCUT2D eigenvalue weighted by atomic mass is 10.1. The van der Waals surface area contributed by atoms with Crippen molar-refractivity contribution < 1.29 is 13.2 Å². The molecular formula is C17H22N4O3S. The Kier molecular flexibility index (Phi) is 5.08. The molecule has 1 fully saturated rings. The van der Waals surface area contributed by atoms with Crippen molar-refractivity contribution in [2.24, 2.45) is 0 Å². The first kappa shape index (κ1) is 17.5. The Morgan fingerprint density at radius 1 is 1.24 bits per heavy atom. The number of nitrogens with one attached hydrogen (secondary N) is 1. The third kappa shape index (κ3) is 4.39. The minimum atomic E-state index is -2.96. The summed E-state index contributed by atoms with van der Waals surface area (Å²) in [6, 6.07) is 9.08. The van der Waals surface area contributed by atoms with Gasteiger partial charge >= 0.3 is 0 Å². The maximum atomic E-state index is 12.7. The van der Waals surface area contributed by atoms with Crippen LogP contribution in [0.15, 0.2) is 42.7 Å². The van der Waals surface area contributed by atoms with Gasteiger partial charge in [0.2, 0.25) is 0 Å². The Morgan fingerprint density at radius 3 is 2.64 bits per heavy atom. The van der Waals surface area contributed by atoms with E-state index in [1.807, 2.05) is 42.3 Å². The molecule has 1 N–H and O–H groups in total. The van der Waals surface area contributed by atoms with Gasteiger partial charge in [0.25, 0.3) is 5.91 Å². The van der Waals surface area contributed by atoms with Crippen LogP contribution in [0, 0.1) is 0 Å². The highest BCUT2D eigenvalue weighted by atomic mass is 32.2. The number of para-hydroxylation sites is 1. The molecule has 3 rings (SSSR count). The van der Waals surface area contributed by atoms with Crippen LogP contribution in [0.25, 0.3) is 0 Å².